The van der Waals surface area contributed by atoms with Crippen LogP contribution in [0, 0.1) is 5.92 Å². The molecular formula is C14H21N5O. The highest BCUT2D eigenvalue weighted by Gasteiger charge is 2.25. The van der Waals surface area contributed by atoms with Crippen LogP contribution in [0.1, 0.15) is 32.4 Å². The van der Waals surface area contributed by atoms with Gasteiger partial charge in [-0.15, -0.1) is 0 Å². The van der Waals surface area contributed by atoms with Crippen molar-refractivity contribution in [2.75, 3.05) is 18.6 Å². The van der Waals surface area contributed by atoms with Gasteiger partial charge in [0.25, 0.3) is 5.78 Å². The van der Waals surface area contributed by atoms with Gasteiger partial charge in [-0.05, 0) is 25.7 Å². The first kappa shape index (κ1) is 13.3. The van der Waals surface area contributed by atoms with Crippen molar-refractivity contribution in [1.29, 1.82) is 0 Å². The monoisotopic (exact) mass is 275 g/mol. The fourth-order valence-corrected chi connectivity index (χ4v) is 2.88. The molecule has 1 aliphatic heterocycles. The summed E-state index contributed by atoms with van der Waals surface area (Å²) in [7, 11) is 1.68. The van der Waals surface area contributed by atoms with Crippen molar-refractivity contribution in [2.24, 2.45) is 5.92 Å². The van der Waals surface area contributed by atoms with Crippen LogP contribution in [0.3, 0.4) is 0 Å². The number of ether oxygens (including phenoxy) is 1. The topological polar surface area (TPSA) is 55.6 Å². The van der Waals surface area contributed by atoms with Crippen molar-refractivity contribution in [1.82, 2.24) is 19.6 Å². The standard InChI is InChI=1S/C14H21N5O/c1-10-4-5-11(2)18(7-10)13-6-12(8-20-3)17-14-15-9-16-19(13)14/h6,9-11H,4-5,7-8H2,1-3H3. The summed E-state index contributed by atoms with van der Waals surface area (Å²) in [5.41, 5.74) is 0.897. The first-order valence-corrected chi connectivity index (χ1v) is 7.14. The van der Waals surface area contributed by atoms with Gasteiger partial charge in [-0.1, -0.05) is 6.92 Å². The molecule has 0 amide bonds. The molecule has 6 nitrogen and oxygen atoms in total. The van der Waals surface area contributed by atoms with E-state index >= 15 is 0 Å². The lowest BCUT2D eigenvalue weighted by atomic mass is 9.95. The molecule has 3 rings (SSSR count). The molecule has 0 N–H and O–H groups in total. The number of fused-ring (bicyclic) bond motifs is 1. The van der Waals surface area contributed by atoms with Crippen molar-refractivity contribution in [2.45, 2.75) is 39.3 Å². The quantitative estimate of drug-likeness (QED) is 0.856. The fourth-order valence-electron chi connectivity index (χ4n) is 2.88. The molecule has 6 heteroatoms. The van der Waals surface area contributed by atoms with Crippen LogP contribution in [0.2, 0.25) is 0 Å². The molecule has 0 bridgehead atoms. The summed E-state index contributed by atoms with van der Waals surface area (Å²) >= 11 is 0. The molecule has 1 fully saturated rings. The highest BCUT2D eigenvalue weighted by molar-refractivity contribution is 5.48. The summed E-state index contributed by atoms with van der Waals surface area (Å²) in [4.78, 5) is 11.1. The molecule has 0 aromatic carbocycles. The summed E-state index contributed by atoms with van der Waals surface area (Å²) in [6, 6.07) is 2.58. The average molecular weight is 275 g/mol. The Labute approximate surface area is 118 Å². The van der Waals surface area contributed by atoms with Crippen molar-refractivity contribution in [3.8, 4) is 0 Å². The Kier molecular flexibility index (Phi) is 3.56. The van der Waals surface area contributed by atoms with E-state index in [0.717, 1.165) is 18.1 Å². The van der Waals surface area contributed by atoms with E-state index in [0.29, 0.717) is 24.3 Å². The minimum atomic E-state index is 0.494. The zero-order valence-corrected chi connectivity index (χ0v) is 12.3. The molecule has 1 aliphatic rings. The average Bonchev–Trinajstić information content (AvgIpc) is 2.89. The lowest BCUT2D eigenvalue weighted by Crippen LogP contribution is -2.42. The van der Waals surface area contributed by atoms with E-state index in [4.69, 9.17) is 4.74 Å². The number of hydrogen-bond donors (Lipinski definition) is 0. The van der Waals surface area contributed by atoms with Gasteiger partial charge in [-0.2, -0.15) is 14.6 Å². The van der Waals surface area contributed by atoms with Gasteiger partial charge in [-0.3, -0.25) is 0 Å². The molecule has 0 radical (unpaired) electrons. The van der Waals surface area contributed by atoms with E-state index in [1.54, 1.807) is 13.4 Å². The molecule has 2 aromatic rings. The molecular weight excluding hydrogens is 254 g/mol. The van der Waals surface area contributed by atoms with Gasteiger partial charge in [0.05, 0.1) is 12.3 Å². The molecule has 0 spiro atoms. The highest BCUT2D eigenvalue weighted by Crippen LogP contribution is 2.27. The van der Waals surface area contributed by atoms with Crippen LogP contribution >= 0.6 is 0 Å². The van der Waals surface area contributed by atoms with Gasteiger partial charge in [-0.25, -0.2) is 4.98 Å². The number of rotatable bonds is 3. The third-order valence-corrected chi connectivity index (χ3v) is 3.99. The Hall–Kier alpha value is -1.69. The second-order valence-corrected chi connectivity index (χ2v) is 5.69. The van der Waals surface area contributed by atoms with Gasteiger partial charge in [0.2, 0.25) is 0 Å². The Morgan fingerprint density at radius 3 is 3.00 bits per heavy atom. The number of aromatic nitrogens is 4. The lowest BCUT2D eigenvalue weighted by molar-refractivity contribution is 0.181. The zero-order chi connectivity index (χ0) is 14.1. The Morgan fingerprint density at radius 2 is 2.20 bits per heavy atom. The number of methoxy groups -OCH3 is 1. The molecule has 1 saturated heterocycles. The maximum atomic E-state index is 5.21. The maximum absolute atomic E-state index is 5.21. The third kappa shape index (κ3) is 2.35. The van der Waals surface area contributed by atoms with Crippen LogP contribution in [-0.2, 0) is 11.3 Å². The van der Waals surface area contributed by atoms with Crippen LogP contribution in [0.5, 0.6) is 0 Å². The summed E-state index contributed by atoms with van der Waals surface area (Å²) in [5.74, 6) is 2.40. The van der Waals surface area contributed by atoms with E-state index < -0.39 is 0 Å². The Morgan fingerprint density at radius 1 is 1.35 bits per heavy atom. The van der Waals surface area contributed by atoms with E-state index in [1.807, 2.05) is 4.52 Å². The molecule has 3 heterocycles. The van der Waals surface area contributed by atoms with E-state index in [9.17, 15) is 0 Å². The van der Waals surface area contributed by atoms with Crippen LogP contribution in [0.4, 0.5) is 5.82 Å². The van der Waals surface area contributed by atoms with Gasteiger partial charge >= 0.3 is 0 Å². The van der Waals surface area contributed by atoms with Crippen molar-refractivity contribution >= 4 is 11.6 Å². The summed E-state index contributed by atoms with van der Waals surface area (Å²) in [6.45, 7) is 6.11. The minimum Gasteiger partial charge on any atom is -0.378 e. The molecule has 2 atom stereocenters. The molecule has 108 valence electrons. The second-order valence-electron chi connectivity index (χ2n) is 5.69. The SMILES string of the molecule is COCc1cc(N2CC(C)CCC2C)n2ncnc2n1. The van der Waals surface area contributed by atoms with E-state index in [1.165, 1.54) is 12.8 Å². The molecule has 20 heavy (non-hydrogen) atoms. The molecule has 2 aromatic heterocycles. The van der Waals surface area contributed by atoms with Gasteiger partial charge in [0.1, 0.15) is 12.1 Å². The van der Waals surface area contributed by atoms with Crippen LogP contribution in [0.15, 0.2) is 12.4 Å². The van der Waals surface area contributed by atoms with Crippen LogP contribution in [-0.4, -0.2) is 39.3 Å². The second kappa shape index (κ2) is 5.36. The largest absolute Gasteiger partial charge is 0.378 e. The fraction of sp³-hybridized carbons (Fsp3) is 0.643. The number of piperidine rings is 1. The summed E-state index contributed by atoms with van der Waals surface area (Å²) in [6.07, 6.45) is 4.05. The Bertz CT molecular complexity index is 596. The third-order valence-electron chi connectivity index (χ3n) is 3.99. The molecule has 0 saturated carbocycles. The van der Waals surface area contributed by atoms with Crippen LogP contribution in [0.25, 0.3) is 5.78 Å². The Balaban J connectivity index is 2.05. The van der Waals surface area contributed by atoms with Gasteiger partial charge in [0, 0.05) is 25.8 Å². The zero-order valence-electron chi connectivity index (χ0n) is 12.3. The number of hydrogen-bond acceptors (Lipinski definition) is 5. The van der Waals surface area contributed by atoms with Crippen molar-refractivity contribution < 1.29 is 4.74 Å². The predicted octanol–water partition coefficient (Wildman–Crippen LogP) is 1.90. The van der Waals surface area contributed by atoms with Gasteiger partial charge < -0.3 is 9.64 Å². The smallest absolute Gasteiger partial charge is 0.254 e. The number of nitrogens with zero attached hydrogens (tertiary/aromatic N) is 5. The normalized spacial score (nSPS) is 23.4. The van der Waals surface area contributed by atoms with Crippen molar-refractivity contribution in [3.05, 3.63) is 18.1 Å². The summed E-state index contributed by atoms with van der Waals surface area (Å²) in [5, 5.41) is 4.32. The van der Waals surface area contributed by atoms with E-state index in [2.05, 4.69) is 39.9 Å². The molecule has 2 unspecified atom stereocenters. The van der Waals surface area contributed by atoms with Gasteiger partial charge in [0.15, 0.2) is 0 Å². The van der Waals surface area contributed by atoms with Crippen molar-refractivity contribution in [3.63, 3.8) is 0 Å². The first-order valence-electron chi connectivity index (χ1n) is 7.14. The maximum Gasteiger partial charge on any atom is 0.254 e. The number of anilines is 1. The molecule has 0 aliphatic carbocycles. The minimum absolute atomic E-state index is 0.494. The van der Waals surface area contributed by atoms with Crippen LogP contribution < -0.4 is 4.90 Å². The summed E-state index contributed by atoms with van der Waals surface area (Å²) < 4.78 is 7.03. The van der Waals surface area contributed by atoms with E-state index in [-0.39, 0.29) is 0 Å². The lowest BCUT2D eigenvalue weighted by Gasteiger charge is -2.38. The predicted molar refractivity (Wildman–Crippen MR) is 76.7 cm³/mol. The highest BCUT2D eigenvalue weighted by atomic mass is 16.5. The first-order chi connectivity index (χ1) is 9.69.